The lowest BCUT2D eigenvalue weighted by atomic mass is 10.0. The number of hydrogen-bond donors (Lipinski definition) is 1. The van der Waals surface area contributed by atoms with E-state index >= 15 is 0 Å². The van der Waals surface area contributed by atoms with Crippen molar-refractivity contribution in [3.8, 4) is 11.6 Å². The highest BCUT2D eigenvalue weighted by atomic mass is 35.5. The van der Waals surface area contributed by atoms with Crippen LogP contribution >= 0.6 is 11.6 Å². The molecular weight excluding hydrogens is 308 g/mol. The summed E-state index contributed by atoms with van der Waals surface area (Å²) in [6, 6.07) is 6.54. The zero-order chi connectivity index (χ0) is 16.1. The second-order valence-corrected chi connectivity index (χ2v) is 4.67. The summed E-state index contributed by atoms with van der Waals surface area (Å²) in [5.41, 5.74) is 1.17. The van der Waals surface area contributed by atoms with E-state index in [0.29, 0.717) is 16.9 Å². The first-order valence-corrected chi connectivity index (χ1v) is 6.62. The Morgan fingerprint density at radius 2 is 2.14 bits per heavy atom. The van der Waals surface area contributed by atoms with Crippen molar-refractivity contribution >= 4 is 23.1 Å². The van der Waals surface area contributed by atoms with Gasteiger partial charge in [-0.05, 0) is 24.1 Å². The molecule has 7 heteroatoms. The molecule has 0 aliphatic heterocycles. The van der Waals surface area contributed by atoms with Gasteiger partial charge in [-0.3, -0.25) is 0 Å². The molecule has 0 bridgehead atoms. The summed E-state index contributed by atoms with van der Waals surface area (Å²) >= 11 is 5.78. The van der Waals surface area contributed by atoms with Crippen molar-refractivity contribution < 1.29 is 19.4 Å². The van der Waals surface area contributed by atoms with Crippen LogP contribution in [-0.4, -0.2) is 28.2 Å². The van der Waals surface area contributed by atoms with Gasteiger partial charge in [0.15, 0.2) is 0 Å². The normalized spacial score (nSPS) is 11.1. The number of carboxylic acid groups (broad SMARTS) is 1. The van der Waals surface area contributed by atoms with Crippen molar-refractivity contribution in [1.29, 1.82) is 0 Å². The van der Waals surface area contributed by atoms with Crippen LogP contribution < -0.4 is 4.74 Å². The number of aliphatic carboxylic acids is 1. The molecule has 1 aromatic carbocycles. The molecule has 0 aliphatic carbocycles. The van der Waals surface area contributed by atoms with Crippen LogP contribution in [0.25, 0.3) is 5.57 Å². The number of aromatic nitrogens is 2. The Morgan fingerprint density at radius 3 is 2.77 bits per heavy atom. The maximum absolute atomic E-state index is 11.3. The third kappa shape index (κ3) is 3.53. The van der Waals surface area contributed by atoms with Gasteiger partial charge in [-0.15, -0.1) is 0 Å². The minimum atomic E-state index is -1.09. The average molecular weight is 321 g/mol. The Labute approximate surface area is 132 Å². The molecule has 0 atom stereocenters. The van der Waals surface area contributed by atoms with E-state index in [4.69, 9.17) is 21.1 Å². The van der Waals surface area contributed by atoms with E-state index in [1.807, 2.05) is 0 Å². The van der Waals surface area contributed by atoms with Gasteiger partial charge in [0.1, 0.15) is 22.8 Å². The van der Waals surface area contributed by atoms with Crippen molar-refractivity contribution in [2.24, 2.45) is 0 Å². The molecule has 0 saturated carbocycles. The molecule has 1 N–H and O–H groups in total. The molecular formula is C15H13ClN2O4. The summed E-state index contributed by atoms with van der Waals surface area (Å²) in [5, 5.41) is 9.53. The molecule has 0 spiro atoms. The molecule has 2 aromatic rings. The molecule has 1 heterocycles. The predicted octanol–water partition coefficient (Wildman–Crippen LogP) is 3.30. The molecule has 1 aromatic heterocycles. The fraction of sp³-hybridized carbons (Fsp3) is 0.133. The lowest BCUT2D eigenvalue weighted by molar-refractivity contribution is -0.130. The maximum Gasteiger partial charge on any atom is 0.339 e. The quantitative estimate of drug-likeness (QED) is 0.517. The van der Waals surface area contributed by atoms with E-state index in [1.54, 1.807) is 25.1 Å². The SMILES string of the molecule is CO/C=C(/C(=O)O)c1cccc(Oc2cc(Cl)ncn2)c1C. The van der Waals surface area contributed by atoms with Crippen molar-refractivity contribution in [3.63, 3.8) is 0 Å². The van der Waals surface area contributed by atoms with Gasteiger partial charge in [0, 0.05) is 6.07 Å². The first kappa shape index (κ1) is 15.8. The average Bonchev–Trinajstić information content (AvgIpc) is 2.47. The lowest BCUT2D eigenvalue weighted by Crippen LogP contribution is -2.03. The number of carbonyl (C=O) groups is 1. The number of halogens is 1. The van der Waals surface area contributed by atoms with E-state index in [1.165, 1.54) is 25.8 Å². The van der Waals surface area contributed by atoms with Crippen molar-refractivity contribution in [1.82, 2.24) is 9.97 Å². The van der Waals surface area contributed by atoms with Crippen LogP contribution in [-0.2, 0) is 9.53 Å². The third-order valence-electron chi connectivity index (χ3n) is 2.86. The molecule has 0 radical (unpaired) electrons. The molecule has 6 nitrogen and oxygen atoms in total. The van der Waals surface area contributed by atoms with Gasteiger partial charge in [-0.25, -0.2) is 14.8 Å². The fourth-order valence-electron chi connectivity index (χ4n) is 1.85. The first-order chi connectivity index (χ1) is 10.5. The molecule has 0 fully saturated rings. The van der Waals surface area contributed by atoms with Crippen molar-refractivity contribution in [3.05, 3.63) is 53.1 Å². The Kier molecular flexibility index (Phi) is 4.95. The highest BCUT2D eigenvalue weighted by Crippen LogP contribution is 2.30. The standard InChI is InChI=1S/C15H13ClN2O4/c1-9-10(11(7-21-2)15(19)20)4-3-5-12(9)22-14-6-13(16)17-8-18-14/h3-8H,1-2H3,(H,19,20)/b11-7+. The smallest absolute Gasteiger partial charge is 0.339 e. The zero-order valence-electron chi connectivity index (χ0n) is 11.9. The number of rotatable bonds is 5. The fourth-order valence-corrected chi connectivity index (χ4v) is 1.99. The van der Waals surface area contributed by atoms with E-state index in [2.05, 4.69) is 9.97 Å². The van der Waals surface area contributed by atoms with E-state index < -0.39 is 5.97 Å². The molecule has 22 heavy (non-hydrogen) atoms. The summed E-state index contributed by atoms with van der Waals surface area (Å²) in [4.78, 5) is 19.0. The van der Waals surface area contributed by atoms with Crippen LogP contribution in [0.2, 0.25) is 5.15 Å². The van der Waals surface area contributed by atoms with Gasteiger partial charge in [-0.2, -0.15) is 0 Å². The predicted molar refractivity (Wildman–Crippen MR) is 80.9 cm³/mol. The van der Waals surface area contributed by atoms with Crippen LogP contribution in [0.3, 0.4) is 0 Å². The van der Waals surface area contributed by atoms with Crippen LogP contribution in [0.1, 0.15) is 11.1 Å². The summed E-state index contributed by atoms with van der Waals surface area (Å²) in [6.45, 7) is 1.75. The van der Waals surface area contributed by atoms with E-state index in [0.717, 1.165) is 0 Å². The number of carboxylic acids is 1. The van der Waals surface area contributed by atoms with Crippen LogP contribution in [0.4, 0.5) is 0 Å². The summed E-state index contributed by atoms with van der Waals surface area (Å²) in [7, 11) is 1.39. The summed E-state index contributed by atoms with van der Waals surface area (Å²) < 4.78 is 10.5. The maximum atomic E-state index is 11.3. The van der Waals surface area contributed by atoms with Crippen molar-refractivity contribution in [2.75, 3.05) is 7.11 Å². The van der Waals surface area contributed by atoms with Gasteiger partial charge in [-0.1, -0.05) is 23.7 Å². The first-order valence-electron chi connectivity index (χ1n) is 6.24. The Bertz CT molecular complexity index is 731. The van der Waals surface area contributed by atoms with Crippen LogP contribution in [0.15, 0.2) is 36.9 Å². The molecule has 0 saturated heterocycles. The number of hydrogen-bond acceptors (Lipinski definition) is 5. The number of methoxy groups -OCH3 is 1. The number of ether oxygens (including phenoxy) is 2. The Balaban J connectivity index is 2.41. The monoisotopic (exact) mass is 320 g/mol. The van der Waals surface area contributed by atoms with Crippen LogP contribution in [0, 0.1) is 6.92 Å². The van der Waals surface area contributed by atoms with Crippen molar-refractivity contribution in [2.45, 2.75) is 6.92 Å². The molecule has 2 rings (SSSR count). The molecule has 0 aliphatic rings. The summed E-state index contributed by atoms with van der Waals surface area (Å²) in [5.74, 6) is -0.351. The van der Waals surface area contributed by atoms with Gasteiger partial charge in [0.25, 0.3) is 0 Å². The minimum absolute atomic E-state index is 0.0335. The van der Waals surface area contributed by atoms with E-state index in [9.17, 15) is 9.90 Å². The highest BCUT2D eigenvalue weighted by molar-refractivity contribution is 6.29. The van der Waals surface area contributed by atoms with Crippen LogP contribution in [0.5, 0.6) is 11.6 Å². The number of nitrogens with zero attached hydrogens (tertiary/aromatic N) is 2. The third-order valence-corrected chi connectivity index (χ3v) is 3.07. The molecule has 0 amide bonds. The topological polar surface area (TPSA) is 81.5 Å². The molecule has 0 unspecified atom stereocenters. The Morgan fingerprint density at radius 1 is 1.36 bits per heavy atom. The Hall–Kier alpha value is -2.60. The summed E-state index contributed by atoms with van der Waals surface area (Å²) in [6.07, 6.45) is 2.46. The largest absolute Gasteiger partial charge is 0.503 e. The van der Waals surface area contributed by atoms with Gasteiger partial charge in [0.05, 0.1) is 13.4 Å². The zero-order valence-corrected chi connectivity index (χ0v) is 12.7. The second-order valence-electron chi connectivity index (χ2n) is 4.28. The van der Waals surface area contributed by atoms with E-state index in [-0.39, 0.29) is 16.6 Å². The molecule has 114 valence electrons. The minimum Gasteiger partial charge on any atom is -0.503 e. The number of benzene rings is 1. The van der Waals surface area contributed by atoms with Gasteiger partial charge < -0.3 is 14.6 Å². The lowest BCUT2D eigenvalue weighted by Gasteiger charge is -2.12. The van der Waals surface area contributed by atoms with Gasteiger partial charge in [0.2, 0.25) is 5.88 Å². The van der Waals surface area contributed by atoms with Gasteiger partial charge >= 0.3 is 5.97 Å². The second kappa shape index (κ2) is 6.91. The highest BCUT2D eigenvalue weighted by Gasteiger charge is 2.16.